The summed E-state index contributed by atoms with van der Waals surface area (Å²) in [5, 5.41) is 0. The molecule has 224 valence electrons. The average molecular weight is 571 g/mol. The molecule has 2 aromatic rings. The molecule has 4 rings (SSSR count). The number of rotatable bonds is 9. The van der Waals surface area contributed by atoms with Crippen LogP contribution in [0.1, 0.15) is 89.5 Å². The number of pyridine rings is 1. The predicted molar refractivity (Wildman–Crippen MR) is 152 cm³/mol. The quantitative estimate of drug-likeness (QED) is 0.315. The van der Waals surface area contributed by atoms with Crippen LogP contribution in [0.3, 0.4) is 0 Å². The smallest absolute Gasteiger partial charge is 0.411 e. The van der Waals surface area contributed by atoms with E-state index in [9.17, 15) is 9.59 Å². The molecule has 0 spiro atoms. The molecule has 2 heterocycles. The molecule has 8 nitrogen and oxygen atoms in total. The van der Waals surface area contributed by atoms with Crippen LogP contribution in [0.4, 0.5) is 9.18 Å². The monoisotopic (exact) mass is 570 g/mol. The fourth-order valence-electron chi connectivity index (χ4n) is 6.02. The van der Waals surface area contributed by atoms with Gasteiger partial charge in [0.15, 0.2) is 0 Å². The molecule has 4 atom stereocenters. The first-order valence-electron chi connectivity index (χ1n) is 14.5. The summed E-state index contributed by atoms with van der Waals surface area (Å²) in [5.74, 6) is -0.733. The Morgan fingerprint density at radius 3 is 2.44 bits per heavy atom. The molecule has 1 amide bonds. The van der Waals surface area contributed by atoms with Gasteiger partial charge in [0, 0.05) is 23.2 Å². The number of benzene rings is 1. The SMILES string of the molecule is CCOC(=O)[C@@H]1[C@@H](C(C)(C)C)[C@H](OCc2cc(C3CCC3)cnc2OC)[C@H](c2ccccc2F)N1C(=O)OC(C)C. The van der Waals surface area contributed by atoms with Crippen molar-refractivity contribution in [3.05, 3.63) is 59.0 Å². The zero-order valence-corrected chi connectivity index (χ0v) is 25.2. The van der Waals surface area contributed by atoms with Crippen LogP contribution >= 0.6 is 0 Å². The molecule has 1 aromatic carbocycles. The zero-order valence-electron chi connectivity index (χ0n) is 25.2. The highest BCUT2D eigenvalue weighted by molar-refractivity contribution is 5.83. The Kier molecular flexibility index (Phi) is 9.57. The van der Waals surface area contributed by atoms with Crippen LogP contribution in [0.15, 0.2) is 36.5 Å². The molecule has 0 bridgehead atoms. The largest absolute Gasteiger partial charge is 0.481 e. The van der Waals surface area contributed by atoms with Gasteiger partial charge in [-0.15, -0.1) is 0 Å². The molecule has 0 N–H and O–H groups in total. The number of halogens is 1. The molecule has 2 aliphatic rings. The maximum Gasteiger partial charge on any atom is 0.411 e. The van der Waals surface area contributed by atoms with Crippen molar-refractivity contribution < 1.29 is 32.9 Å². The number of esters is 1. The van der Waals surface area contributed by atoms with E-state index in [2.05, 4.69) is 11.1 Å². The third kappa shape index (κ3) is 6.50. The molecule has 1 aliphatic carbocycles. The van der Waals surface area contributed by atoms with Crippen LogP contribution in [0.2, 0.25) is 0 Å². The molecule has 2 fully saturated rings. The van der Waals surface area contributed by atoms with Crippen molar-refractivity contribution in [1.29, 1.82) is 0 Å². The van der Waals surface area contributed by atoms with Gasteiger partial charge in [0.1, 0.15) is 11.9 Å². The normalized spacial score (nSPS) is 22.9. The Hall–Kier alpha value is -3.20. The van der Waals surface area contributed by atoms with Crippen LogP contribution in [-0.4, -0.2) is 53.9 Å². The maximum atomic E-state index is 15.5. The van der Waals surface area contributed by atoms with Crippen LogP contribution in [-0.2, 0) is 25.6 Å². The molecule has 1 saturated carbocycles. The van der Waals surface area contributed by atoms with Crippen molar-refractivity contribution in [2.45, 2.75) is 97.6 Å². The third-order valence-electron chi connectivity index (χ3n) is 8.05. The van der Waals surface area contributed by atoms with Gasteiger partial charge in [-0.25, -0.2) is 19.0 Å². The van der Waals surface area contributed by atoms with Gasteiger partial charge in [0.25, 0.3) is 0 Å². The van der Waals surface area contributed by atoms with Gasteiger partial charge in [-0.3, -0.25) is 4.90 Å². The van der Waals surface area contributed by atoms with E-state index in [4.69, 9.17) is 18.9 Å². The van der Waals surface area contributed by atoms with Crippen LogP contribution in [0.25, 0.3) is 0 Å². The van der Waals surface area contributed by atoms with E-state index in [0.717, 1.165) is 24.0 Å². The number of carbonyl (C=O) groups excluding carboxylic acids is 2. The second kappa shape index (κ2) is 12.8. The van der Waals surface area contributed by atoms with Crippen molar-refractivity contribution in [2.24, 2.45) is 11.3 Å². The van der Waals surface area contributed by atoms with E-state index >= 15 is 4.39 Å². The molecule has 41 heavy (non-hydrogen) atoms. The average Bonchev–Trinajstić information content (AvgIpc) is 3.22. The number of carbonyl (C=O) groups is 2. The molecular formula is C32H43FN2O6. The predicted octanol–water partition coefficient (Wildman–Crippen LogP) is 6.58. The van der Waals surface area contributed by atoms with Gasteiger partial charge in [-0.1, -0.05) is 45.4 Å². The van der Waals surface area contributed by atoms with Gasteiger partial charge in [0.2, 0.25) is 5.88 Å². The summed E-state index contributed by atoms with van der Waals surface area (Å²) in [6.07, 6.45) is 3.32. The lowest BCUT2D eigenvalue weighted by Gasteiger charge is -2.35. The highest BCUT2D eigenvalue weighted by atomic mass is 19.1. The lowest BCUT2D eigenvalue weighted by atomic mass is 9.73. The van der Waals surface area contributed by atoms with E-state index < -0.39 is 53.5 Å². The molecule has 1 aliphatic heterocycles. The third-order valence-corrected chi connectivity index (χ3v) is 8.05. The number of aromatic nitrogens is 1. The topological polar surface area (TPSA) is 87.2 Å². The zero-order chi connectivity index (χ0) is 29.9. The lowest BCUT2D eigenvalue weighted by molar-refractivity contribution is -0.151. The van der Waals surface area contributed by atoms with E-state index in [-0.39, 0.29) is 18.8 Å². The Bertz CT molecular complexity index is 1220. The van der Waals surface area contributed by atoms with Crippen LogP contribution in [0, 0.1) is 17.2 Å². The summed E-state index contributed by atoms with van der Waals surface area (Å²) in [4.78, 5) is 33.2. The fraction of sp³-hybridized carbons (Fsp3) is 0.594. The van der Waals surface area contributed by atoms with Crippen LogP contribution < -0.4 is 4.74 Å². The second-order valence-electron chi connectivity index (χ2n) is 12.2. The van der Waals surface area contributed by atoms with Gasteiger partial charge in [0.05, 0.1) is 38.6 Å². The summed E-state index contributed by atoms with van der Waals surface area (Å²) in [7, 11) is 1.56. The van der Waals surface area contributed by atoms with E-state index in [0.29, 0.717) is 11.8 Å². The van der Waals surface area contributed by atoms with Gasteiger partial charge in [-0.2, -0.15) is 0 Å². The summed E-state index contributed by atoms with van der Waals surface area (Å²) in [6, 6.07) is 6.32. The minimum Gasteiger partial charge on any atom is -0.481 e. The Morgan fingerprint density at radius 2 is 1.88 bits per heavy atom. The van der Waals surface area contributed by atoms with E-state index in [1.807, 2.05) is 27.0 Å². The number of likely N-dealkylation sites (tertiary alicyclic amines) is 1. The number of hydrogen-bond acceptors (Lipinski definition) is 7. The number of methoxy groups -OCH3 is 1. The first-order valence-corrected chi connectivity index (χ1v) is 14.5. The second-order valence-corrected chi connectivity index (χ2v) is 12.2. The summed E-state index contributed by atoms with van der Waals surface area (Å²) >= 11 is 0. The van der Waals surface area contributed by atoms with Gasteiger partial charge >= 0.3 is 12.1 Å². The van der Waals surface area contributed by atoms with Crippen molar-refractivity contribution >= 4 is 12.1 Å². The molecule has 1 saturated heterocycles. The minimum atomic E-state index is -1.06. The molecule has 9 heteroatoms. The minimum absolute atomic E-state index is 0.0988. The van der Waals surface area contributed by atoms with E-state index in [1.54, 1.807) is 46.1 Å². The Labute approximate surface area is 242 Å². The van der Waals surface area contributed by atoms with Crippen molar-refractivity contribution in [3.8, 4) is 5.88 Å². The Morgan fingerprint density at radius 1 is 1.17 bits per heavy atom. The summed E-state index contributed by atoms with van der Waals surface area (Å²) in [5.41, 5.74) is 1.58. The van der Waals surface area contributed by atoms with Crippen molar-refractivity contribution in [1.82, 2.24) is 9.88 Å². The Balaban J connectivity index is 1.83. The van der Waals surface area contributed by atoms with Crippen LogP contribution in [0.5, 0.6) is 5.88 Å². The highest BCUT2D eigenvalue weighted by Gasteiger charge is 2.60. The molecule has 0 radical (unpaired) electrons. The fourth-order valence-corrected chi connectivity index (χ4v) is 6.02. The number of hydrogen-bond donors (Lipinski definition) is 0. The summed E-state index contributed by atoms with van der Waals surface area (Å²) < 4.78 is 38.9. The molecular weight excluding hydrogens is 527 g/mol. The van der Waals surface area contributed by atoms with E-state index in [1.165, 1.54) is 17.4 Å². The molecule has 0 unspecified atom stereocenters. The highest BCUT2D eigenvalue weighted by Crippen LogP contribution is 2.51. The van der Waals surface area contributed by atoms with Crippen molar-refractivity contribution in [2.75, 3.05) is 13.7 Å². The molecule has 1 aromatic heterocycles. The lowest BCUT2D eigenvalue weighted by Crippen LogP contribution is -2.48. The maximum absolute atomic E-state index is 15.5. The van der Waals surface area contributed by atoms with Gasteiger partial charge < -0.3 is 18.9 Å². The number of ether oxygens (including phenoxy) is 4. The van der Waals surface area contributed by atoms with Crippen molar-refractivity contribution in [3.63, 3.8) is 0 Å². The summed E-state index contributed by atoms with van der Waals surface area (Å²) in [6.45, 7) is 11.4. The first-order chi connectivity index (χ1) is 19.5. The van der Waals surface area contributed by atoms with Gasteiger partial charge in [-0.05, 0) is 62.6 Å². The first kappa shape index (κ1) is 30.8. The standard InChI is InChI=1S/C32H43FN2O6/c1-8-39-30(36)27-25(32(4,5)6)28(40-18-22-16-21(20-12-11-13-20)17-34-29(22)38-7)26(23-14-9-10-15-24(23)33)35(27)31(37)41-19(2)3/h9-10,14-17,19-20,25-28H,8,11-13,18H2,1-7H3/t25-,26+,27+,28+/m1/s1. The number of amides is 1. The number of nitrogens with zero attached hydrogens (tertiary/aromatic N) is 2.